The van der Waals surface area contributed by atoms with Crippen LogP contribution in [-0.2, 0) is 4.74 Å². The van der Waals surface area contributed by atoms with E-state index in [9.17, 15) is 14.0 Å². The molecule has 0 bridgehead atoms. The van der Waals surface area contributed by atoms with Gasteiger partial charge >= 0.3 is 11.9 Å². The van der Waals surface area contributed by atoms with Crippen LogP contribution in [0, 0.1) is 5.82 Å². The SMILES string of the molecule is CCCCCCCCCCCCCCCCOC(=O)c1ccccc1C(=O)Oc1ccccc1F. The van der Waals surface area contributed by atoms with E-state index in [-0.39, 0.29) is 16.9 Å². The van der Waals surface area contributed by atoms with Crippen molar-refractivity contribution < 1.29 is 23.5 Å². The summed E-state index contributed by atoms with van der Waals surface area (Å²) >= 11 is 0. The van der Waals surface area contributed by atoms with Crippen LogP contribution in [0.2, 0.25) is 0 Å². The fraction of sp³-hybridized carbons (Fsp3) is 0.533. The van der Waals surface area contributed by atoms with Crippen LogP contribution in [0.15, 0.2) is 48.5 Å². The average Bonchev–Trinajstić information content (AvgIpc) is 2.87. The van der Waals surface area contributed by atoms with Crippen LogP contribution in [0.4, 0.5) is 4.39 Å². The molecule has 2 rings (SSSR count). The zero-order valence-corrected chi connectivity index (χ0v) is 21.2. The standard InChI is InChI=1S/C30H41FO4/c1-2-3-4-5-6-7-8-9-10-11-12-13-14-19-24-34-29(32)25-20-15-16-21-26(25)30(33)35-28-23-18-17-22-27(28)31/h15-18,20-23H,2-14,19,24H2,1H3. The monoisotopic (exact) mass is 484 g/mol. The minimum atomic E-state index is -0.792. The maximum atomic E-state index is 13.8. The van der Waals surface area contributed by atoms with Gasteiger partial charge in [0.25, 0.3) is 0 Å². The van der Waals surface area contributed by atoms with E-state index in [0.29, 0.717) is 6.61 Å². The van der Waals surface area contributed by atoms with Gasteiger partial charge in [-0.2, -0.15) is 0 Å². The van der Waals surface area contributed by atoms with E-state index < -0.39 is 17.8 Å². The zero-order chi connectivity index (χ0) is 25.1. The second-order valence-electron chi connectivity index (χ2n) is 9.10. The molecule has 0 saturated carbocycles. The molecule has 0 aromatic heterocycles. The lowest BCUT2D eigenvalue weighted by Crippen LogP contribution is -2.16. The Balaban J connectivity index is 1.58. The second kappa shape index (κ2) is 17.7. The number of halogens is 1. The molecule has 0 aliphatic rings. The maximum absolute atomic E-state index is 13.8. The van der Waals surface area contributed by atoms with Gasteiger partial charge in [-0.25, -0.2) is 14.0 Å². The van der Waals surface area contributed by atoms with Crippen molar-refractivity contribution in [3.05, 3.63) is 65.5 Å². The Hall–Kier alpha value is -2.69. The Morgan fingerprint density at radius 3 is 1.63 bits per heavy atom. The fourth-order valence-corrected chi connectivity index (χ4v) is 4.06. The highest BCUT2D eigenvalue weighted by atomic mass is 19.1. The molecule has 0 saturated heterocycles. The molecule has 0 fully saturated rings. The van der Waals surface area contributed by atoms with Gasteiger partial charge in [0, 0.05) is 0 Å². The van der Waals surface area contributed by atoms with E-state index in [0.717, 1.165) is 19.3 Å². The summed E-state index contributed by atoms with van der Waals surface area (Å²) in [4.78, 5) is 25.0. The molecule has 192 valence electrons. The highest BCUT2D eigenvalue weighted by Gasteiger charge is 2.20. The van der Waals surface area contributed by atoms with E-state index in [1.54, 1.807) is 18.2 Å². The predicted molar refractivity (Wildman–Crippen MR) is 138 cm³/mol. The van der Waals surface area contributed by atoms with Crippen LogP contribution in [0.3, 0.4) is 0 Å². The van der Waals surface area contributed by atoms with Crippen molar-refractivity contribution in [3.63, 3.8) is 0 Å². The number of para-hydroxylation sites is 1. The van der Waals surface area contributed by atoms with Crippen molar-refractivity contribution in [2.24, 2.45) is 0 Å². The molecule has 2 aromatic rings. The van der Waals surface area contributed by atoms with Gasteiger partial charge in [0.15, 0.2) is 11.6 Å². The molecule has 35 heavy (non-hydrogen) atoms. The van der Waals surface area contributed by atoms with Crippen LogP contribution in [-0.4, -0.2) is 18.5 Å². The average molecular weight is 485 g/mol. The number of rotatable bonds is 18. The van der Waals surface area contributed by atoms with Gasteiger partial charge in [-0.05, 0) is 30.7 Å². The normalized spacial score (nSPS) is 10.8. The summed E-state index contributed by atoms with van der Waals surface area (Å²) in [6, 6.07) is 11.9. The van der Waals surface area contributed by atoms with E-state index in [4.69, 9.17) is 9.47 Å². The fourth-order valence-electron chi connectivity index (χ4n) is 4.06. The highest BCUT2D eigenvalue weighted by Crippen LogP contribution is 2.19. The molecule has 4 nitrogen and oxygen atoms in total. The molecule has 0 spiro atoms. The first-order chi connectivity index (χ1) is 17.1. The number of benzene rings is 2. The topological polar surface area (TPSA) is 52.6 Å². The lowest BCUT2D eigenvalue weighted by molar-refractivity contribution is 0.0489. The number of ether oxygens (including phenoxy) is 2. The first-order valence-electron chi connectivity index (χ1n) is 13.4. The van der Waals surface area contributed by atoms with Gasteiger partial charge in [0.1, 0.15) is 0 Å². The van der Waals surface area contributed by atoms with Crippen LogP contribution < -0.4 is 4.74 Å². The third-order valence-corrected chi connectivity index (χ3v) is 6.14. The van der Waals surface area contributed by atoms with Gasteiger partial charge in [0.2, 0.25) is 0 Å². The van der Waals surface area contributed by atoms with Crippen LogP contribution in [0.25, 0.3) is 0 Å². The first-order valence-corrected chi connectivity index (χ1v) is 13.4. The molecule has 0 amide bonds. The number of carbonyl (C=O) groups is 2. The number of hydrogen-bond donors (Lipinski definition) is 0. The van der Waals surface area contributed by atoms with E-state index in [1.807, 2.05) is 0 Å². The van der Waals surface area contributed by atoms with Crippen molar-refractivity contribution in [3.8, 4) is 5.75 Å². The summed E-state index contributed by atoms with van der Waals surface area (Å²) in [6.07, 6.45) is 17.7. The smallest absolute Gasteiger partial charge is 0.344 e. The van der Waals surface area contributed by atoms with Gasteiger partial charge < -0.3 is 9.47 Å². The summed E-state index contributed by atoms with van der Waals surface area (Å²) < 4.78 is 24.3. The van der Waals surface area contributed by atoms with Crippen LogP contribution >= 0.6 is 0 Å². The predicted octanol–water partition coefficient (Wildman–Crippen LogP) is 8.68. The minimum Gasteiger partial charge on any atom is -0.462 e. The van der Waals surface area contributed by atoms with E-state index in [1.165, 1.54) is 101 Å². The van der Waals surface area contributed by atoms with E-state index in [2.05, 4.69) is 6.92 Å². The summed E-state index contributed by atoms with van der Waals surface area (Å²) in [6.45, 7) is 2.57. The quantitative estimate of drug-likeness (QED) is 0.121. The van der Waals surface area contributed by atoms with Gasteiger partial charge in [-0.15, -0.1) is 0 Å². The lowest BCUT2D eigenvalue weighted by atomic mass is 10.0. The molecular formula is C30H41FO4. The molecular weight excluding hydrogens is 443 g/mol. The first kappa shape index (κ1) is 28.5. The molecule has 0 heterocycles. The molecule has 0 aliphatic heterocycles. The lowest BCUT2D eigenvalue weighted by Gasteiger charge is -2.10. The zero-order valence-electron chi connectivity index (χ0n) is 21.2. The molecule has 0 atom stereocenters. The third kappa shape index (κ3) is 11.5. The summed E-state index contributed by atoms with van der Waals surface area (Å²) in [5.74, 6) is -2.18. The van der Waals surface area contributed by atoms with E-state index >= 15 is 0 Å². The second-order valence-corrected chi connectivity index (χ2v) is 9.10. The molecule has 0 radical (unpaired) electrons. The Morgan fingerprint density at radius 1 is 0.629 bits per heavy atom. The molecule has 0 N–H and O–H groups in total. The Kier molecular flexibility index (Phi) is 14.4. The Bertz CT molecular complexity index is 880. The van der Waals surface area contributed by atoms with Crippen LogP contribution in [0.1, 0.15) is 118 Å². The molecule has 0 unspecified atom stereocenters. The van der Waals surface area contributed by atoms with Crippen molar-refractivity contribution in [1.29, 1.82) is 0 Å². The number of unbranched alkanes of at least 4 members (excludes halogenated alkanes) is 13. The molecule has 0 aliphatic carbocycles. The number of carbonyl (C=O) groups excluding carboxylic acids is 2. The van der Waals surface area contributed by atoms with Crippen molar-refractivity contribution in [2.45, 2.75) is 96.8 Å². The van der Waals surface area contributed by atoms with Crippen molar-refractivity contribution in [2.75, 3.05) is 6.61 Å². The third-order valence-electron chi connectivity index (χ3n) is 6.14. The van der Waals surface area contributed by atoms with Crippen molar-refractivity contribution >= 4 is 11.9 Å². The van der Waals surface area contributed by atoms with Gasteiger partial charge in [-0.1, -0.05) is 115 Å². The van der Waals surface area contributed by atoms with Gasteiger partial charge in [0.05, 0.1) is 17.7 Å². The minimum absolute atomic E-state index is 0.0571. The van der Waals surface area contributed by atoms with Crippen molar-refractivity contribution in [1.82, 2.24) is 0 Å². The largest absolute Gasteiger partial charge is 0.462 e. The number of esters is 2. The van der Waals surface area contributed by atoms with Crippen LogP contribution in [0.5, 0.6) is 5.75 Å². The number of hydrogen-bond acceptors (Lipinski definition) is 4. The van der Waals surface area contributed by atoms with Gasteiger partial charge in [-0.3, -0.25) is 0 Å². The molecule has 5 heteroatoms. The highest BCUT2D eigenvalue weighted by molar-refractivity contribution is 6.03. The summed E-state index contributed by atoms with van der Waals surface area (Å²) in [5.41, 5.74) is 0.181. The molecule has 2 aromatic carbocycles. The Labute approximate surface area is 210 Å². The maximum Gasteiger partial charge on any atom is 0.344 e. The summed E-state index contributed by atoms with van der Waals surface area (Å²) in [7, 11) is 0. The summed E-state index contributed by atoms with van der Waals surface area (Å²) in [5, 5.41) is 0. The Morgan fingerprint density at radius 2 is 1.09 bits per heavy atom.